The predicted octanol–water partition coefficient (Wildman–Crippen LogP) is 2.12. The largest absolute Gasteiger partial charge is 0.480 e. The fourth-order valence-corrected chi connectivity index (χ4v) is 4.14. The maximum absolute atomic E-state index is 12.2. The standard InChI is InChI=1S/C12H18N4O3S2/c1-6(2)4-9-14-15-11(21-9)13-12(19)16-7(3)20-5-8(16)10(17)18/h6-8H,4-5H2,1-3H3,(H,17,18)(H,13,15,19). The van der Waals surface area contributed by atoms with Gasteiger partial charge in [0.1, 0.15) is 11.0 Å². The van der Waals surface area contributed by atoms with Crippen LogP contribution in [0.15, 0.2) is 0 Å². The molecule has 2 atom stereocenters. The molecule has 1 aromatic rings. The molecule has 21 heavy (non-hydrogen) atoms. The number of nitrogens with one attached hydrogen (secondary N) is 1. The van der Waals surface area contributed by atoms with Crippen LogP contribution in [0.1, 0.15) is 25.8 Å². The van der Waals surface area contributed by atoms with E-state index in [-0.39, 0.29) is 5.37 Å². The summed E-state index contributed by atoms with van der Waals surface area (Å²) in [5, 5.41) is 20.9. The third kappa shape index (κ3) is 3.85. The van der Waals surface area contributed by atoms with Crippen molar-refractivity contribution >= 4 is 40.2 Å². The molecule has 1 aliphatic rings. The Bertz CT molecular complexity index is 534. The Labute approximate surface area is 131 Å². The van der Waals surface area contributed by atoms with Crippen molar-refractivity contribution in [1.29, 1.82) is 0 Å². The van der Waals surface area contributed by atoms with Gasteiger partial charge in [-0.2, -0.15) is 0 Å². The van der Waals surface area contributed by atoms with Crippen LogP contribution in [0.3, 0.4) is 0 Å². The number of hydrogen-bond acceptors (Lipinski definition) is 6. The molecule has 2 heterocycles. The highest BCUT2D eigenvalue weighted by atomic mass is 32.2. The minimum atomic E-state index is -0.986. The number of aromatic nitrogens is 2. The highest BCUT2D eigenvalue weighted by molar-refractivity contribution is 8.00. The lowest BCUT2D eigenvalue weighted by Crippen LogP contribution is -2.46. The van der Waals surface area contributed by atoms with E-state index in [9.17, 15) is 9.59 Å². The van der Waals surface area contributed by atoms with Crippen LogP contribution in [-0.2, 0) is 11.2 Å². The molecule has 1 fully saturated rings. The number of hydrogen-bond donors (Lipinski definition) is 2. The molecule has 9 heteroatoms. The first kappa shape index (κ1) is 16.0. The zero-order valence-corrected chi connectivity index (χ0v) is 13.7. The van der Waals surface area contributed by atoms with Gasteiger partial charge < -0.3 is 5.11 Å². The quantitative estimate of drug-likeness (QED) is 0.878. The van der Waals surface area contributed by atoms with E-state index in [0.29, 0.717) is 16.8 Å². The van der Waals surface area contributed by atoms with E-state index in [1.165, 1.54) is 28.0 Å². The number of carbonyl (C=O) groups is 2. The summed E-state index contributed by atoms with van der Waals surface area (Å²) in [5.74, 6) is -0.119. The fraction of sp³-hybridized carbons (Fsp3) is 0.667. The number of aliphatic carboxylic acids is 1. The van der Waals surface area contributed by atoms with E-state index in [0.717, 1.165) is 11.4 Å². The maximum atomic E-state index is 12.2. The Morgan fingerprint density at radius 3 is 2.81 bits per heavy atom. The number of carboxylic acids is 1. The molecule has 0 saturated carbocycles. The topological polar surface area (TPSA) is 95.4 Å². The summed E-state index contributed by atoms with van der Waals surface area (Å²) in [6, 6.07) is -1.24. The van der Waals surface area contributed by atoms with Gasteiger partial charge in [-0.1, -0.05) is 25.2 Å². The molecule has 116 valence electrons. The molecule has 2 unspecified atom stereocenters. The molecule has 0 aliphatic carbocycles. The lowest BCUT2D eigenvalue weighted by Gasteiger charge is -2.24. The van der Waals surface area contributed by atoms with Crippen molar-refractivity contribution in [2.45, 2.75) is 38.6 Å². The summed E-state index contributed by atoms with van der Waals surface area (Å²) >= 11 is 2.77. The van der Waals surface area contributed by atoms with Crippen molar-refractivity contribution in [1.82, 2.24) is 15.1 Å². The van der Waals surface area contributed by atoms with E-state index < -0.39 is 18.0 Å². The van der Waals surface area contributed by atoms with E-state index in [1.807, 2.05) is 6.92 Å². The van der Waals surface area contributed by atoms with Crippen LogP contribution in [-0.4, -0.2) is 49.4 Å². The van der Waals surface area contributed by atoms with Gasteiger partial charge in [-0.3, -0.25) is 10.2 Å². The van der Waals surface area contributed by atoms with Crippen molar-refractivity contribution < 1.29 is 14.7 Å². The molecule has 2 N–H and O–H groups in total. The van der Waals surface area contributed by atoms with Crippen molar-refractivity contribution in [3.63, 3.8) is 0 Å². The van der Waals surface area contributed by atoms with E-state index in [1.54, 1.807) is 0 Å². The van der Waals surface area contributed by atoms with Gasteiger partial charge in [0.15, 0.2) is 0 Å². The fourth-order valence-electron chi connectivity index (χ4n) is 2.03. The Morgan fingerprint density at radius 1 is 1.48 bits per heavy atom. The van der Waals surface area contributed by atoms with E-state index in [2.05, 4.69) is 29.4 Å². The van der Waals surface area contributed by atoms with Gasteiger partial charge in [-0.15, -0.1) is 22.0 Å². The molecular formula is C12H18N4O3S2. The Kier molecular flexibility index (Phi) is 5.04. The maximum Gasteiger partial charge on any atom is 0.327 e. The summed E-state index contributed by atoms with van der Waals surface area (Å²) in [5.41, 5.74) is 0. The molecule has 0 spiro atoms. The van der Waals surface area contributed by atoms with Gasteiger partial charge in [0.2, 0.25) is 5.13 Å². The Morgan fingerprint density at radius 2 is 2.19 bits per heavy atom. The number of rotatable bonds is 4. The summed E-state index contributed by atoms with van der Waals surface area (Å²) in [6.07, 6.45) is 0.807. The van der Waals surface area contributed by atoms with Crippen LogP contribution in [0.25, 0.3) is 0 Å². The second-order valence-electron chi connectivity index (χ2n) is 5.22. The van der Waals surface area contributed by atoms with Crippen molar-refractivity contribution in [3.8, 4) is 0 Å². The van der Waals surface area contributed by atoms with Gasteiger partial charge in [0.25, 0.3) is 0 Å². The molecule has 1 saturated heterocycles. The zero-order valence-electron chi connectivity index (χ0n) is 12.1. The average Bonchev–Trinajstić information content (AvgIpc) is 2.95. The first-order valence-corrected chi connectivity index (χ1v) is 8.51. The molecule has 7 nitrogen and oxygen atoms in total. The van der Waals surface area contributed by atoms with Crippen LogP contribution in [0.4, 0.5) is 9.93 Å². The molecule has 0 bridgehead atoms. The van der Waals surface area contributed by atoms with Crippen LogP contribution in [0, 0.1) is 5.92 Å². The summed E-state index contributed by atoms with van der Waals surface area (Å²) in [7, 11) is 0. The SMILES string of the molecule is CC(C)Cc1nnc(NC(=O)N2C(C)SCC2C(=O)O)s1. The van der Waals surface area contributed by atoms with Crippen molar-refractivity contribution in [3.05, 3.63) is 5.01 Å². The van der Waals surface area contributed by atoms with Crippen LogP contribution >= 0.6 is 23.1 Å². The summed E-state index contributed by atoms with van der Waals surface area (Å²) in [4.78, 5) is 24.8. The smallest absolute Gasteiger partial charge is 0.327 e. The molecule has 1 aliphatic heterocycles. The zero-order chi connectivity index (χ0) is 15.6. The first-order valence-electron chi connectivity index (χ1n) is 6.64. The summed E-state index contributed by atoms with van der Waals surface area (Å²) in [6.45, 7) is 5.98. The van der Waals surface area contributed by atoms with Crippen molar-refractivity contribution in [2.24, 2.45) is 5.92 Å². The number of nitrogens with zero attached hydrogens (tertiary/aromatic N) is 3. The Balaban J connectivity index is 2.03. The number of anilines is 1. The van der Waals surface area contributed by atoms with Gasteiger partial charge in [0.05, 0.1) is 5.37 Å². The van der Waals surface area contributed by atoms with Crippen LogP contribution in [0.2, 0.25) is 0 Å². The minimum Gasteiger partial charge on any atom is -0.480 e. The van der Waals surface area contributed by atoms with E-state index in [4.69, 9.17) is 5.11 Å². The van der Waals surface area contributed by atoms with Gasteiger partial charge in [-0.25, -0.2) is 9.59 Å². The second kappa shape index (κ2) is 6.61. The lowest BCUT2D eigenvalue weighted by molar-refractivity contribution is -0.141. The molecule has 0 radical (unpaired) electrons. The van der Waals surface area contributed by atoms with Gasteiger partial charge in [-0.05, 0) is 12.8 Å². The van der Waals surface area contributed by atoms with Gasteiger partial charge >= 0.3 is 12.0 Å². The third-order valence-corrected chi connectivity index (χ3v) is 5.08. The van der Waals surface area contributed by atoms with E-state index >= 15 is 0 Å². The highest BCUT2D eigenvalue weighted by Gasteiger charge is 2.39. The molecule has 2 amide bonds. The predicted molar refractivity (Wildman–Crippen MR) is 82.7 cm³/mol. The first-order chi connectivity index (χ1) is 9.88. The van der Waals surface area contributed by atoms with Crippen LogP contribution < -0.4 is 5.32 Å². The molecule has 0 aromatic carbocycles. The molecule has 1 aromatic heterocycles. The highest BCUT2D eigenvalue weighted by Crippen LogP contribution is 2.29. The number of carboxylic acid groups (broad SMARTS) is 1. The number of carbonyl (C=O) groups excluding carboxylic acids is 1. The normalized spacial score (nSPS) is 21.8. The minimum absolute atomic E-state index is 0.172. The molecular weight excluding hydrogens is 312 g/mol. The monoisotopic (exact) mass is 330 g/mol. The number of thioether (sulfide) groups is 1. The third-order valence-electron chi connectivity index (χ3n) is 3.01. The van der Waals surface area contributed by atoms with Gasteiger partial charge in [0, 0.05) is 12.2 Å². The van der Waals surface area contributed by atoms with Crippen LogP contribution in [0.5, 0.6) is 0 Å². The lowest BCUT2D eigenvalue weighted by atomic mass is 10.1. The summed E-state index contributed by atoms with van der Waals surface area (Å²) < 4.78 is 0. The Hall–Kier alpha value is -1.35. The van der Waals surface area contributed by atoms with Crippen molar-refractivity contribution in [2.75, 3.05) is 11.1 Å². The number of amides is 2. The number of urea groups is 1. The molecule has 2 rings (SSSR count). The second-order valence-corrected chi connectivity index (χ2v) is 7.63. The average molecular weight is 330 g/mol.